The molecule has 17 heavy (non-hydrogen) atoms. The van der Waals surface area contributed by atoms with Gasteiger partial charge in [-0.1, -0.05) is 0 Å². The first-order chi connectivity index (χ1) is 7.86. The molecule has 8 heteroatoms. The fourth-order valence-corrected chi connectivity index (χ4v) is 1.46. The van der Waals surface area contributed by atoms with Crippen molar-refractivity contribution in [1.29, 1.82) is 0 Å². The molecule has 1 heterocycles. The molecule has 1 saturated carbocycles. The molecule has 5 nitrogen and oxygen atoms in total. The van der Waals surface area contributed by atoms with Crippen LogP contribution in [-0.4, -0.2) is 28.8 Å². The first-order valence-corrected chi connectivity index (χ1v) is 4.90. The average Bonchev–Trinajstić information content (AvgIpc) is 2.97. The Balaban J connectivity index is 2.22. The topological polar surface area (TPSA) is 73.1 Å². The summed E-state index contributed by atoms with van der Waals surface area (Å²) in [4.78, 5) is 7.38. The number of halogens is 3. The molecule has 0 bridgehead atoms. The summed E-state index contributed by atoms with van der Waals surface area (Å²) in [7, 11) is 1.35. The molecule has 0 radical (unpaired) electrons. The molecule has 1 aliphatic rings. The maximum Gasteiger partial charge on any atom is 0.411 e. The van der Waals surface area contributed by atoms with E-state index in [9.17, 15) is 13.2 Å². The van der Waals surface area contributed by atoms with Crippen LogP contribution < -0.4 is 15.8 Å². The molecule has 1 aromatic heterocycles. The molecule has 2 rings (SSSR count). The quantitative estimate of drug-likeness (QED) is 0.849. The van der Waals surface area contributed by atoms with Gasteiger partial charge < -0.3 is 15.8 Å². The fraction of sp³-hybridized carbons (Fsp3) is 0.556. The monoisotopic (exact) mass is 248 g/mol. The van der Waals surface area contributed by atoms with Crippen molar-refractivity contribution in [3.63, 3.8) is 0 Å². The van der Waals surface area contributed by atoms with Crippen LogP contribution >= 0.6 is 0 Å². The smallest absolute Gasteiger partial charge is 0.411 e. The molecular formula is C9H11F3N4O. The predicted octanol–water partition coefficient (Wildman–Crippen LogP) is 1.57. The number of anilines is 2. The van der Waals surface area contributed by atoms with Gasteiger partial charge in [0, 0.05) is 6.07 Å². The first-order valence-electron chi connectivity index (χ1n) is 4.90. The molecule has 0 amide bonds. The minimum atomic E-state index is -4.31. The molecule has 0 spiro atoms. The van der Waals surface area contributed by atoms with E-state index in [2.05, 4.69) is 15.3 Å². The number of ether oxygens (including phenoxy) is 1. The normalized spacial score (nSPS) is 17.6. The van der Waals surface area contributed by atoms with Crippen molar-refractivity contribution in [1.82, 2.24) is 9.97 Å². The van der Waals surface area contributed by atoms with Crippen molar-refractivity contribution in [2.24, 2.45) is 0 Å². The van der Waals surface area contributed by atoms with Crippen molar-refractivity contribution >= 4 is 11.8 Å². The van der Waals surface area contributed by atoms with Gasteiger partial charge in [-0.25, -0.2) is 0 Å². The second-order valence-electron chi connectivity index (χ2n) is 3.86. The number of hydrogen-bond donors (Lipinski definition) is 2. The molecular weight excluding hydrogens is 237 g/mol. The number of methoxy groups -OCH3 is 1. The summed E-state index contributed by atoms with van der Waals surface area (Å²) in [6.07, 6.45) is -4.24. The lowest BCUT2D eigenvalue weighted by Crippen LogP contribution is -2.39. The van der Waals surface area contributed by atoms with Gasteiger partial charge in [0.05, 0.1) is 7.11 Å². The van der Waals surface area contributed by atoms with E-state index in [1.165, 1.54) is 13.2 Å². The summed E-state index contributed by atoms with van der Waals surface area (Å²) < 4.78 is 42.9. The van der Waals surface area contributed by atoms with Gasteiger partial charge in [-0.05, 0) is 12.8 Å². The maximum atomic E-state index is 12.7. The van der Waals surface area contributed by atoms with Gasteiger partial charge in [-0.15, -0.1) is 0 Å². The number of rotatable bonds is 3. The van der Waals surface area contributed by atoms with Crippen molar-refractivity contribution in [3.05, 3.63) is 6.07 Å². The third kappa shape index (κ3) is 2.20. The number of aromatic nitrogens is 2. The molecule has 0 atom stereocenters. The van der Waals surface area contributed by atoms with Crippen LogP contribution in [0.15, 0.2) is 6.07 Å². The van der Waals surface area contributed by atoms with Crippen LogP contribution in [0.2, 0.25) is 0 Å². The highest BCUT2D eigenvalue weighted by molar-refractivity contribution is 5.47. The average molecular weight is 248 g/mol. The molecule has 3 N–H and O–H groups in total. The zero-order valence-corrected chi connectivity index (χ0v) is 9.01. The Hall–Kier alpha value is -1.73. The fourth-order valence-electron chi connectivity index (χ4n) is 1.46. The Kier molecular flexibility index (Phi) is 2.52. The summed E-state index contributed by atoms with van der Waals surface area (Å²) in [6.45, 7) is 0. The van der Waals surface area contributed by atoms with Crippen LogP contribution in [0, 0.1) is 0 Å². The van der Waals surface area contributed by atoms with Crippen LogP contribution in [0.3, 0.4) is 0 Å². The second kappa shape index (κ2) is 3.64. The SMILES string of the molecule is COc1cc(NC2(C(F)(F)F)CC2)nc(N)n1. The first kappa shape index (κ1) is 11.7. The minimum absolute atomic E-state index is 0.0178. The number of nitrogen functional groups attached to an aromatic ring is 1. The highest BCUT2D eigenvalue weighted by Crippen LogP contribution is 2.51. The van der Waals surface area contributed by atoms with Gasteiger partial charge in [0.15, 0.2) is 0 Å². The van der Waals surface area contributed by atoms with Gasteiger partial charge in [-0.2, -0.15) is 23.1 Å². The molecule has 0 unspecified atom stereocenters. The van der Waals surface area contributed by atoms with Gasteiger partial charge >= 0.3 is 6.18 Å². The number of nitrogens with zero attached hydrogens (tertiary/aromatic N) is 2. The van der Waals surface area contributed by atoms with E-state index in [4.69, 9.17) is 10.5 Å². The van der Waals surface area contributed by atoms with E-state index in [1.54, 1.807) is 0 Å². The highest BCUT2D eigenvalue weighted by Gasteiger charge is 2.63. The van der Waals surface area contributed by atoms with E-state index in [1.807, 2.05) is 0 Å². The molecule has 0 saturated heterocycles. The molecule has 0 aromatic carbocycles. The Morgan fingerprint density at radius 2 is 2.06 bits per heavy atom. The highest BCUT2D eigenvalue weighted by atomic mass is 19.4. The van der Waals surface area contributed by atoms with Crippen molar-refractivity contribution in [2.75, 3.05) is 18.2 Å². The minimum Gasteiger partial charge on any atom is -0.481 e. The lowest BCUT2D eigenvalue weighted by molar-refractivity contribution is -0.151. The van der Waals surface area contributed by atoms with Crippen LogP contribution in [-0.2, 0) is 0 Å². The molecule has 94 valence electrons. The Labute approximate surface area is 95.2 Å². The number of alkyl halides is 3. The van der Waals surface area contributed by atoms with Gasteiger partial charge in [-0.3, -0.25) is 0 Å². The zero-order chi connectivity index (χ0) is 12.7. The van der Waals surface area contributed by atoms with Gasteiger partial charge in [0.25, 0.3) is 0 Å². The van der Waals surface area contributed by atoms with E-state index in [0.29, 0.717) is 0 Å². The third-order valence-electron chi connectivity index (χ3n) is 2.59. The Morgan fingerprint density at radius 3 is 2.53 bits per heavy atom. The number of nitrogens with two attached hydrogens (primary N) is 1. The van der Waals surface area contributed by atoms with Crippen LogP contribution in [0.1, 0.15) is 12.8 Å². The van der Waals surface area contributed by atoms with Crippen molar-refractivity contribution in [3.8, 4) is 5.88 Å². The largest absolute Gasteiger partial charge is 0.481 e. The number of hydrogen-bond acceptors (Lipinski definition) is 5. The van der Waals surface area contributed by atoms with E-state index in [0.717, 1.165) is 0 Å². The van der Waals surface area contributed by atoms with E-state index < -0.39 is 11.7 Å². The van der Waals surface area contributed by atoms with E-state index in [-0.39, 0.29) is 30.5 Å². The standard InChI is InChI=1S/C9H11F3N4O/c1-17-6-4-5(14-7(13)15-6)16-8(2-3-8)9(10,11)12/h4H,2-3H2,1H3,(H3,13,14,15,16). The summed E-state index contributed by atoms with van der Waals surface area (Å²) >= 11 is 0. The Morgan fingerprint density at radius 1 is 1.41 bits per heavy atom. The van der Waals surface area contributed by atoms with Crippen LogP contribution in [0.4, 0.5) is 24.9 Å². The zero-order valence-electron chi connectivity index (χ0n) is 9.01. The van der Waals surface area contributed by atoms with Crippen LogP contribution in [0.25, 0.3) is 0 Å². The van der Waals surface area contributed by atoms with Crippen molar-refractivity contribution < 1.29 is 17.9 Å². The molecule has 0 aliphatic heterocycles. The predicted molar refractivity (Wildman–Crippen MR) is 54.6 cm³/mol. The third-order valence-corrected chi connectivity index (χ3v) is 2.59. The number of nitrogens with one attached hydrogen (secondary N) is 1. The van der Waals surface area contributed by atoms with Crippen molar-refractivity contribution in [2.45, 2.75) is 24.6 Å². The summed E-state index contributed by atoms with van der Waals surface area (Å²) in [5.74, 6) is 0.00646. The summed E-state index contributed by atoms with van der Waals surface area (Å²) in [5.41, 5.74) is 3.48. The molecule has 1 aromatic rings. The van der Waals surface area contributed by atoms with Gasteiger partial charge in [0.1, 0.15) is 11.4 Å². The second-order valence-corrected chi connectivity index (χ2v) is 3.86. The summed E-state index contributed by atoms with van der Waals surface area (Å²) in [5, 5.41) is 2.35. The van der Waals surface area contributed by atoms with E-state index >= 15 is 0 Å². The lowest BCUT2D eigenvalue weighted by atomic mass is 10.2. The Bertz CT molecular complexity index is 431. The summed E-state index contributed by atoms with van der Waals surface area (Å²) in [6, 6.07) is 1.28. The van der Waals surface area contributed by atoms with Gasteiger partial charge in [0.2, 0.25) is 11.8 Å². The lowest BCUT2D eigenvalue weighted by Gasteiger charge is -2.21. The maximum absolute atomic E-state index is 12.7. The molecule has 1 aliphatic carbocycles. The van der Waals surface area contributed by atoms with Crippen LogP contribution in [0.5, 0.6) is 5.88 Å². The molecule has 1 fully saturated rings.